The molecule has 1 aliphatic heterocycles. The van der Waals surface area contributed by atoms with Gasteiger partial charge in [0.2, 0.25) is 11.8 Å². The molecule has 2 N–H and O–H groups in total. The van der Waals surface area contributed by atoms with Crippen LogP contribution in [0.4, 0.5) is 24.5 Å². The molecule has 2 aromatic carbocycles. The van der Waals surface area contributed by atoms with Crippen LogP contribution in [0.5, 0.6) is 0 Å². The van der Waals surface area contributed by atoms with Crippen molar-refractivity contribution in [3.63, 3.8) is 0 Å². The maximum atomic E-state index is 13.1. The quantitative estimate of drug-likeness (QED) is 0.617. The third kappa shape index (κ3) is 5.37. The average Bonchev–Trinajstić information content (AvgIpc) is 2.96. The van der Waals surface area contributed by atoms with Gasteiger partial charge < -0.3 is 10.6 Å². The third-order valence-electron chi connectivity index (χ3n) is 5.06. The largest absolute Gasteiger partial charge is 0.418 e. The maximum absolute atomic E-state index is 13.1. The zero-order chi connectivity index (χ0) is 24.3. The number of para-hydroxylation sites is 1. The lowest BCUT2D eigenvalue weighted by Gasteiger charge is -2.20. The number of imide groups is 1. The van der Waals surface area contributed by atoms with Crippen molar-refractivity contribution in [1.29, 1.82) is 0 Å². The topological polar surface area (TPSA) is 98.8 Å². The van der Waals surface area contributed by atoms with Crippen molar-refractivity contribution in [1.82, 2.24) is 9.80 Å². The van der Waals surface area contributed by atoms with Crippen LogP contribution in [0.15, 0.2) is 42.5 Å². The summed E-state index contributed by atoms with van der Waals surface area (Å²) >= 11 is 0. The van der Waals surface area contributed by atoms with Crippen molar-refractivity contribution < 1.29 is 32.3 Å². The van der Waals surface area contributed by atoms with Gasteiger partial charge in [0.25, 0.3) is 11.8 Å². The number of nitrogens with zero attached hydrogens (tertiary/aromatic N) is 2. The van der Waals surface area contributed by atoms with Gasteiger partial charge in [0, 0.05) is 12.7 Å². The van der Waals surface area contributed by atoms with Gasteiger partial charge in [-0.1, -0.05) is 19.1 Å². The van der Waals surface area contributed by atoms with Crippen LogP contribution in [0.2, 0.25) is 0 Å². The van der Waals surface area contributed by atoms with Crippen LogP contribution in [-0.4, -0.2) is 60.1 Å². The number of fused-ring (bicyclic) bond motifs is 1. The molecule has 33 heavy (non-hydrogen) atoms. The Kier molecular flexibility index (Phi) is 6.82. The van der Waals surface area contributed by atoms with E-state index in [2.05, 4.69) is 10.6 Å². The van der Waals surface area contributed by atoms with Crippen molar-refractivity contribution in [3.8, 4) is 0 Å². The van der Waals surface area contributed by atoms with Crippen molar-refractivity contribution in [2.45, 2.75) is 13.1 Å². The fourth-order valence-corrected chi connectivity index (χ4v) is 3.35. The molecule has 0 aliphatic carbocycles. The first kappa shape index (κ1) is 23.9. The molecule has 0 atom stereocenters. The standard InChI is InChI=1S/C22H21F3N4O4/c1-3-29(12-19(31)27-17-7-5-4-6-16(17)22(23,24)25)11-18(30)26-13-8-9-14-15(10-13)21(33)28(2)20(14)32/h4-10H,3,11-12H2,1-2H3,(H,26,30)(H,27,31). The second-order valence-corrected chi connectivity index (χ2v) is 7.37. The van der Waals surface area contributed by atoms with Crippen LogP contribution in [0.25, 0.3) is 0 Å². The highest BCUT2D eigenvalue weighted by molar-refractivity contribution is 6.21. The molecule has 0 bridgehead atoms. The van der Waals surface area contributed by atoms with E-state index in [4.69, 9.17) is 0 Å². The van der Waals surface area contributed by atoms with Crippen LogP contribution < -0.4 is 10.6 Å². The second-order valence-electron chi connectivity index (χ2n) is 7.37. The molecular weight excluding hydrogens is 441 g/mol. The summed E-state index contributed by atoms with van der Waals surface area (Å²) in [5.41, 5.74) is -0.607. The number of rotatable bonds is 7. The van der Waals surface area contributed by atoms with Gasteiger partial charge in [0.1, 0.15) is 0 Å². The maximum Gasteiger partial charge on any atom is 0.418 e. The third-order valence-corrected chi connectivity index (χ3v) is 5.06. The van der Waals surface area contributed by atoms with Gasteiger partial charge in [-0.05, 0) is 36.9 Å². The van der Waals surface area contributed by atoms with Gasteiger partial charge in [0.05, 0.1) is 35.5 Å². The highest BCUT2D eigenvalue weighted by Gasteiger charge is 2.34. The summed E-state index contributed by atoms with van der Waals surface area (Å²) in [7, 11) is 1.36. The minimum Gasteiger partial charge on any atom is -0.325 e. The van der Waals surface area contributed by atoms with Gasteiger partial charge in [-0.3, -0.25) is 29.0 Å². The van der Waals surface area contributed by atoms with E-state index in [0.717, 1.165) is 17.0 Å². The Labute approximate surface area is 187 Å². The number of alkyl halides is 3. The Morgan fingerprint density at radius 2 is 1.55 bits per heavy atom. The lowest BCUT2D eigenvalue weighted by Crippen LogP contribution is -2.38. The minimum absolute atomic E-state index is 0.176. The minimum atomic E-state index is -4.62. The molecule has 8 nitrogen and oxygen atoms in total. The molecule has 0 saturated carbocycles. The molecule has 2 aromatic rings. The predicted molar refractivity (Wildman–Crippen MR) is 114 cm³/mol. The Morgan fingerprint density at radius 1 is 0.939 bits per heavy atom. The highest BCUT2D eigenvalue weighted by Crippen LogP contribution is 2.34. The Hall–Kier alpha value is -3.73. The molecule has 0 radical (unpaired) electrons. The van der Waals surface area contributed by atoms with Gasteiger partial charge in [-0.2, -0.15) is 13.2 Å². The number of carbonyl (C=O) groups excluding carboxylic acids is 4. The number of likely N-dealkylation sites (N-methyl/N-ethyl adjacent to an activating group) is 1. The summed E-state index contributed by atoms with van der Waals surface area (Å²) in [4.78, 5) is 51.2. The van der Waals surface area contributed by atoms with Crippen LogP contribution in [0.1, 0.15) is 33.2 Å². The summed E-state index contributed by atoms with van der Waals surface area (Å²) in [6, 6.07) is 8.95. The SMILES string of the molecule is CCN(CC(=O)Nc1ccc2c(c1)C(=O)N(C)C2=O)CC(=O)Nc1ccccc1C(F)(F)F. The molecule has 1 heterocycles. The lowest BCUT2D eigenvalue weighted by molar-refractivity contribution is -0.137. The number of carbonyl (C=O) groups is 4. The number of hydrogen-bond donors (Lipinski definition) is 2. The summed E-state index contributed by atoms with van der Waals surface area (Å²) in [5, 5.41) is 4.84. The normalized spacial score (nSPS) is 13.3. The van der Waals surface area contributed by atoms with Gasteiger partial charge in [-0.15, -0.1) is 0 Å². The fourth-order valence-electron chi connectivity index (χ4n) is 3.35. The van der Waals surface area contributed by atoms with Crippen LogP contribution in [0.3, 0.4) is 0 Å². The van der Waals surface area contributed by atoms with E-state index in [9.17, 15) is 32.3 Å². The van der Waals surface area contributed by atoms with Crippen molar-refractivity contribution in [3.05, 3.63) is 59.2 Å². The van der Waals surface area contributed by atoms with Gasteiger partial charge >= 0.3 is 6.18 Å². The average molecular weight is 462 g/mol. The molecule has 11 heteroatoms. The van der Waals surface area contributed by atoms with E-state index in [1.165, 1.54) is 42.3 Å². The first-order chi connectivity index (χ1) is 15.5. The van der Waals surface area contributed by atoms with Crippen molar-refractivity contribution in [2.75, 3.05) is 37.3 Å². The second kappa shape index (κ2) is 9.41. The fraction of sp³-hybridized carbons (Fsp3) is 0.273. The van der Waals surface area contributed by atoms with E-state index in [0.29, 0.717) is 5.69 Å². The monoisotopic (exact) mass is 462 g/mol. The summed E-state index contributed by atoms with van der Waals surface area (Å²) in [6.07, 6.45) is -4.62. The van der Waals surface area contributed by atoms with Crippen molar-refractivity contribution >= 4 is 35.0 Å². The van der Waals surface area contributed by atoms with Crippen LogP contribution in [-0.2, 0) is 15.8 Å². The number of nitrogens with one attached hydrogen (secondary N) is 2. The van der Waals surface area contributed by atoms with Crippen LogP contribution in [0, 0.1) is 0 Å². The molecule has 0 aromatic heterocycles. The molecule has 0 spiro atoms. The van der Waals surface area contributed by atoms with E-state index in [1.54, 1.807) is 6.92 Å². The van der Waals surface area contributed by atoms with E-state index in [-0.39, 0.29) is 36.4 Å². The lowest BCUT2D eigenvalue weighted by atomic mass is 10.1. The molecule has 0 fully saturated rings. The van der Waals surface area contributed by atoms with Gasteiger partial charge in [-0.25, -0.2) is 0 Å². The Morgan fingerprint density at radius 3 is 2.18 bits per heavy atom. The van der Waals surface area contributed by atoms with E-state index in [1.807, 2.05) is 0 Å². The molecular formula is C22H21F3N4O4. The predicted octanol–water partition coefficient (Wildman–Crippen LogP) is 2.83. The molecule has 174 valence electrons. The van der Waals surface area contributed by atoms with Crippen molar-refractivity contribution in [2.24, 2.45) is 0 Å². The van der Waals surface area contributed by atoms with Gasteiger partial charge in [0.15, 0.2) is 0 Å². The summed E-state index contributed by atoms with van der Waals surface area (Å²) in [6.45, 7) is 1.45. The molecule has 4 amide bonds. The highest BCUT2D eigenvalue weighted by atomic mass is 19.4. The number of hydrogen-bond acceptors (Lipinski definition) is 5. The molecule has 0 saturated heterocycles. The Bertz CT molecular complexity index is 1120. The first-order valence-electron chi connectivity index (χ1n) is 9.96. The number of anilines is 2. The van der Waals surface area contributed by atoms with E-state index >= 15 is 0 Å². The Balaban J connectivity index is 1.61. The number of benzene rings is 2. The summed E-state index contributed by atoms with van der Waals surface area (Å²) < 4.78 is 39.3. The first-order valence-corrected chi connectivity index (χ1v) is 9.96. The van der Waals surface area contributed by atoms with Crippen LogP contribution >= 0.6 is 0 Å². The molecule has 1 aliphatic rings. The molecule has 0 unspecified atom stereocenters. The number of amides is 4. The number of halogens is 3. The zero-order valence-corrected chi connectivity index (χ0v) is 17.8. The smallest absolute Gasteiger partial charge is 0.325 e. The zero-order valence-electron chi connectivity index (χ0n) is 17.8. The van der Waals surface area contributed by atoms with E-state index < -0.39 is 35.4 Å². The molecule has 3 rings (SSSR count). The summed E-state index contributed by atoms with van der Waals surface area (Å²) in [5.74, 6) is -2.10.